The smallest absolute Gasteiger partial charge is 0.265 e. The molecule has 4 rings (SSSR count). The van der Waals surface area contributed by atoms with Crippen LogP contribution in [0.4, 0.5) is 5.69 Å². The first kappa shape index (κ1) is 17.0. The third kappa shape index (κ3) is 2.76. The Bertz CT molecular complexity index is 1010. The third-order valence-electron chi connectivity index (χ3n) is 5.18. The summed E-state index contributed by atoms with van der Waals surface area (Å²) in [5, 5.41) is 5.77. The van der Waals surface area contributed by atoms with Gasteiger partial charge in [0.25, 0.3) is 15.9 Å². The highest BCUT2D eigenvalue weighted by atomic mass is 32.2. The van der Waals surface area contributed by atoms with Crippen LogP contribution in [-0.2, 0) is 14.8 Å². The second kappa shape index (κ2) is 6.39. The number of amides is 1. The maximum Gasteiger partial charge on any atom is 0.265 e. The zero-order chi connectivity index (χ0) is 18.3. The van der Waals surface area contributed by atoms with Crippen molar-refractivity contribution < 1.29 is 13.2 Å². The lowest BCUT2D eigenvalue weighted by Gasteiger charge is -2.21. The van der Waals surface area contributed by atoms with Gasteiger partial charge in [0, 0.05) is 11.1 Å². The number of nitrogens with zero attached hydrogens (tertiary/aromatic N) is 2. The van der Waals surface area contributed by atoms with Gasteiger partial charge in [-0.05, 0) is 42.7 Å². The molecule has 1 heterocycles. The first-order chi connectivity index (χ1) is 12.5. The highest BCUT2D eigenvalue weighted by Gasteiger charge is 2.36. The van der Waals surface area contributed by atoms with Crippen molar-refractivity contribution in [3.8, 4) is 0 Å². The molecule has 0 radical (unpaired) electrons. The molecule has 1 atom stereocenters. The van der Waals surface area contributed by atoms with E-state index in [9.17, 15) is 13.2 Å². The van der Waals surface area contributed by atoms with E-state index in [0.29, 0.717) is 17.0 Å². The monoisotopic (exact) mass is 371 g/mol. The molecule has 0 unspecified atom stereocenters. The molecule has 136 valence electrons. The SMILES string of the molecule is C[C@@H]1CCCCC1=NNC(=O)CN1c2cccc3cccc(c23)S1(=O)=O. The zero-order valence-corrected chi connectivity index (χ0v) is 15.4. The number of nitrogens with one attached hydrogen (secondary N) is 1. The van der Waals surface area contributed by atoms with Crippen molar-refractivity contribution in [1.82, 2.24) is 5.43 Å². The second-order valence-electron chi connectivity index (χ2n) is 6.93. The summed E-state index contributed by atoms with van der Waals surface area (Å²) in [5.74, 6) is -0.0683. The number of sulfonamides is 1. The zero-order valence-electron chi connectivity index (χ0n) is 14.6. The summed E-state index contributed by atoms with van der Waals surface area (Å²) in [7, 11) is -3.72. The standard InChI is InChI=1S/C19H21N3O3S/c1-13-6-2-3-9-15(13)20-21-18(23)12-22-16-10-4-7-14-8-5-11-17(19(14)16)26(22,24)25/h4-5,7-8,10-11,13H,2-3,6,9,12H2,1H3,(H,21,23)/t13-/m1/s1. The summed E-state index contributed by atoms with van der Waals surface area (Å²) >= 11 is 0. The molecule has 1 N–H and O–H groups in total. The fourth-order valence-corrected chi connectivity index (χ4v) is 5.43. The van der Waals surface area contributed by atoms with Gasteiger partial charge in [-0.25, -0.2) is 13.8 Å². The number of rotatable bonds is 3. The van der Waals surface area contributed by atoms with Crippen LogP contribution in [0.1, 0.15) is 32.6 Å². The Labute approximate surface area is 152 Å². The van der Waals surface area contributed by atoms with E-state index in [4.69, 9.17) is 0 Å². The van der Waals surface area contributed by atoms with Crippen molar-refractivity contribution in [2.75, 3.05) is 10.8 Å². The first-order valence-electron chi connectivity index (χ1n) is 8.88. The van der Waals surface area contributed by atoms with Gasteiger partial charge in [-0.15, -0.1) is 0 Å². The summed E-state index contributed by atoms with van der Waals surface area (Å²) in [5.41, 5.74) is 4.08. The van der Waals surface area contributed by atoms with E-state index in [1.165, 1.54) is 10.7 Å². The van der Waals surface area contributed by atoms with Gasteiger partial charge in [-0.3, -0.25) is 9.10 Å². The molecular weight excluding hydrogens is 350 g/mol. The van der Waals surface area contributed by atoms with Gasteiger partial charge in [0.05, 0.1) is 10.6 Å². The molecule has 1 aliphatic carbocycles. The van der Waals surface area contributed by atoms with E-state index in [-0.39, 0.29) is 11.4 Å². The van der Waals surface area contributed by atoms with Crippen LogP contribution in [0.5, 0.6) is 0 Å². The second-order valence-corrected chi connectivity index (χ2v) is 8.76. The maximum absolute atomic E-state index is 12.9. The summed E-state index contributed by atoms with van der Waals surface area (Å²) in [6.07, 6.45) is 4.22. The molecule has 2 aromatic carbocycles. The first-order valence-corrected chi connectivity index (χ1v) is 10.3. The van der Waals surface area contributed by atoms with Crippen LogP contribution >= 0.6 is 0 Å². The number of carbonyl (C=O) groups excluding carboxylic acids is 1. The maximum atomic E-state index is 12.9. The number of hydrogen-bond donors (Lipinski definition) is 1. The average molecular weight is 371 g/mol. The predicted molar refractivity (Wildman–Crippen MR) is 102 cm³/mol. The number of carbonyl (C=O) groups is 1. The predicted octanol–water partition coefficient (Wildman–Crippen LogP) is 3.03. The lowest BCUT2D eigenvalue weighted by molar-refractivity contribution is -0.119. The summed E-state index contributed by atoms with van der Waals surface area (Å²) in [6, 6.07) is 10.6. The molecule has 26 heavy (non-hydrogen) atoms. The molecule has 1 aliphatic heterocycles. The van der Waals surface area contributed by atoms with Gasteiger partial charge < -0.3 is 0 Å². The van der Waals surface area contributed by atoms with Gasteiger partial charge in [0.1, 0.15) is 6.54 Å². The minimum Gasteiger partial charge on any atom is -0.271 e. The van der Waals surface area contributed by atoms with Crippen LogP contribution < -0.4 is 9.73 Å². The summed E-state index contributed by atoms with van der Waals surface area (Å²) < 4.78 is 26.9. The van der Waals surface area contributed by atoms with Crippen molar-refractivity contribution in [3.63, 3.8) is 0 Å². The van der Waals surface area contributed by atoms with Gasteiger partial charge in [0.15, 0.2) is 0 Å². The number of anilines is 1. The van der Waals surface area contributed by atoms with Crippen LogP contribution in [0.15, 0.2) is 46.4 Å². The van der Waals surface area contributed by atoms with Crippen molar-refractivity contribution in [2.24, 2.45) is 11.0 Å². The topological polar surface area (TPSA) is 78.8 Å². The average Bonchev–Trinajstić information content (AvgIpc) is 2.85. The molecular formula is C19H21N3O3S. The van der Waals surface area contributed by atoms with Crippen molar-refractivity contribution in [3.05, 3.63) is 36.4 Å². The largest absolute Gasteiger partial charge is 0.271 e. The van der Waals surface area contributed by atoms with Crippen molar-refractivity contribution in [1.29, 1.82) is 0 Å². The number of hydrogen-bond acceptors (Lipinski definition) is 4. The third-order valence-corrected chi connectivity index (χ3v) is 6.98. The van der Waals surface area contributed by atoms with Crippen LogP contribution in [0, 0.1) is 5.92 Å². The highest BCUT2D eigenvalue weighted by Crippen LogP contribution is 2.41. The van der Waals surface area contributed by atoms with E-state index in [1.807, 2.05) is 12.1 Å². The molecule has 2 aliphatic rings. The van der Waals surface area contributed by atoms with Crippen molar-refractivity contribution >= 4 is 38.1 Å². The fourth-order valence-electron chi connectivity index (χ4n) is 3.76. The molecule has 6 nitrogen and oxygen atoms in total. The number of hydrazone groups is 1. The molecule has 0 aromatic heterocycles. The normalized spacial score (nSPS) is 22.7. The molecule has 0 bridgehead atoms. The molecule has 0 spiro atoms. The molecule has 0 saturated heterocycles. The lowest BCUT2D eigenvalue weighted by Crippen LogP contribution is -2.38. The Morgan fingerprint density at radius 1 is 1.23 bits per heavy atom. The van der Waals surface area contributed by atoms with E-state index >= 15 is 0 Å². The number of benzene rings is 2. The van der Waals surface area contributed by atoms with Gasteiger partial charge in [-0.1, -0.05) is 37.6 Å². The van der Waals surface area contributed by atoms with Crippen LogP contribution in [-0.4, -0.2) is 26.6 Å². The van der Waals surface area contributed by atoms with Crippen LogP contribution in [0.3, 0.4) is 0 Å². The summed E-state index contributed by atoms with van der Waals surface area (Å²) in [4.78, 5) is 12.6. The quantitative estimate of drug-likeness (QED) is 0.843. The fraction of sp³-hybridized carbons (Fsp3) is 0.368. The molecule has 1 amide bonds. The Hall–Kier alpha value is -2.41. The van der Waals surface area contributed by atoms with Gasteiger partial charge >= 0.3 is 0 Å². The Kier molecular flexibility index (Phi) is 4.19. The molecule has 1 saturated carbocycles. The van der Waals surface area contributed by atoms with E-state index in [1.54, 1.807) is 24.3 Å². The van der Waals surface area contributed by atoms with E-state index in [0.717, 1.165) is 30.4 Å². The van der Waals surface area contributed by atoms with E-state index in [2.05, 4.69) is 17.5 Å². The van der Waals surface area contributed by atoms with E-state index < -0.39 is 15.9 Å². The Morgan fingerprint density at radius 2 is 2.00 bits per heavy atom. The minimum atomic E-state index is -3.72. The Morgan fingerprint density at radius 3 is 2.77 bits per heavy atom. The van der Waals surface area contributed by atoms with Gasteiger partial charge in [-0.2, -0.15) is 5.10 Å². The molecule has 7 heteroatoms. The van der Waals surface area contributed by atoms with Crippen LogP contribution in [0.25, 0.3) is 10.8 Å². The molecule has 2 aromatic rings. The van der Waals surface area contributed by atoms with Crippen LogP contribution in [0.2, 0.25) is 0 Å². The highest BCUT2D eigenvalue weighted by molar-refractivity contribution is 7.93. The lowest BCUT2D eigenvalue weighted by atomic mass is 9.89. The minimum absolute atomic E-state index is 0.255. The van der Waals surface area contributed by atoms with Gasteiger partial charge in [0.2, 0.25) is 0 Å². The summed E-state index contributed by atoms with van der Waals surface area (Å²) in [6.45, 7) is 1.83. The Balaban J connectivity index is 1.58. The van der Waals surface area contributed by atoms with Crippen molar-refractivity contribution in [2.45, 2.75) is 37.5 Å². The molecule has 1 fully saturated rings.